The summed E-state index contributed by atoms with van der Waals surface area (Å²) in [5.41, 5.74) is -0.208. The zero-order chi connectivity index (χ0) is 14.2. The molecular weight excluding hydrogens is 222 g/mol. The van der Waals surface area contributed by atoms with Gasteiger partial charge in [-0.3, -0.25) is 9.69 Å². The van der Waals surface area contributed by atoms with E-state index in [4.69, 9.17) is 0 Å². The number of ketones is 1. The summed E-state index contributed by atoms with van der Waals surface area (Å²) in [5, 5.41) is 0. The highest BCUT2D eigenvalue weighted by atomic mass is 16.1. The van der Waals surface area contributed by atoms with Crippen LogP contribution in [0.2, 0.25) is 0 Å². The summed E-state index contributed by atoms with van der Waals surface area (Å²) in [5.74, 6) is 1.15. The first-order valence-corrected chi connectivity index (χ1v) is 7.76. The number of Topliss-reactive ketones (excluding diaryl/α,β-unsaturated/α-hetero) is 1. The first-order chi connectivity index (χ1) is 8.48. The van der Waals surface area contributed by atoms with Gasteiger partial charge in [-0.15, -0.1) is 0 Å². The van der Waals surface area contributed by atoms with E-state index in [1.54, 1.807) is 0 Å². The Hall–Kier alpha value is -0.370. The van der Waals surface area contributed by atoms with Gasteiger partial charge in [0, 0.05) is 6.42 Å². The van der Waals surface area contributed by atoms with Gasteiger partial charge in [-0.1, -0.05) is 48.0 Å². The van der Waals surface area contributed by atoms with Gasteiger partial charge in [0.1, 0.15) is 0 Å². The zero-order valence-corrected chi connectivity index (χ0v) is 13.4. The summed E-state index contributed by atoms with van der Waals surface area (Å²) in [6, 6.07) is 0. The van der Waals surface area contributed by atoms with Crippen molar-refractivity contribution in [2.45, 2.75) is 79.2 Å². The molecule has 0 fully saturated rings. The lowest BCUT2D eigenvalue weighted by Crippen LogP contribution is -2.53. The Morgan fingerprint density at radius 2 is 1.56 bits per heavy atom. The van der Waals surface area contributed by atoms with Crippen molar-refractivity contribution in [3.63, 3.8) is 0 Å². The minimum absolute atomic E-state index is 0.208. The van der Waals surface area contributed by atoms with E-state index in [1.165, 1.54) is 0 Å². The van der Waals surface area contributed by atoms with Crippen LogP contribution in [0, 0.1) is 5.92 Å². The summed E-state index contributed by atoms with van der Waals surface area (Å²) in [6.07, 6.45) is 4.82. The van der Waals surface area contributed by atoms with Gasteiger partial charge in [0.15, 0.2) is 5.78 Å². The van der Waals surface area contributed by atoms with E-state index in [9.17, 15) is 4.79 Å². The summed E-state index contributed by atoms with van der Waals surface area (Å²) in [7, 11) is 0. The molecule has 0 aliphatic heterocycles. The standard InChI is InChI=1S/C16H33NO/c1-7-16(8-2,17(9-3)10-4)15(18)13-11-12-14(5)6/h14H,7-13H2,1-6H3. The third-order valence-corrected chi connectivity index (χ3v) is 4.24. The van der Waals surface area contributed by atoms with Crippen LogP contribution >= 0.6 is 0 Å². The van der Waals surface area contributed by atoms with Gasteiger partial charge in [-0.2, -0.15) is 0 Å². The van der Waals surface area contributed by atoms with E-state index in [0.717, 1.165) is 45.2 Å². The summed E-state index contributed by atoms with van der Waals surface area (Å²) in [6.45, 7) is 15.0. The number of hydrogen-bond acceptors (Lipinski definition) is 2. The van der Waals surface area contributed by atoms with Crippen molar-refractivity contribution in [3.8, 4) is 0 Å². The molecule has 0 aliphatic carbocycles. The van der Waals surface area contributed by atoms with E-state index in [1.807, 2.05) is 0 Å². The molecule has 0 N–H and O–H groups in total. The second-order valence-electron chi connectivity index (χ2n) is 5.62. The van der Waals surface area contributed by atoms with Crippen LogP contribution in [0.1, 0.15) is 73.6 Å². The summed E-state index contributed by atoms with van der Waals surface area (Å²) < 4.78 is 0. The number of carbonyl (C=O) groups excluding carboxylic acids is 1. The molecule has 0 heterocycles. The Morgan fingerprint density at radius 1 is 1.06 bits per heavy atom. The van der Waals surface area contributed by atoms with Crippen LogP contribution in [0.5, 0.6) is 0 Å². The Bertz CT molecular complexity index is 227. The van der Waals surface area contributed by atoms with Gasteiger partial charge < -0.3 is 0 Å². The van der Waals surface area contributed by atoms with Gasteiger partial charge in [0.05, 0.1) is 5.54 Å². The van der Waals surface area contributed by atoms with E-state index < -0.39 is 0 Å². The van der Waals surface area contributed by atoms with E-state index >= 15 is 0 Å². The molecule has 0 spiro atoms. The highest BCUT2D eigenvalue weighted by Crippen LogP contribution is 2.27. The smallest absolute Gasteiger partial charge is 0.153 e. The Kier molecular flexibility index (Phi) is 8.51. The number of rotatable bonds is 10. The topological polar surface area (TPSA) is 20.3 Å². The first-order valence-electron chi connectivity index (χ1n) is 7.76. The molecular formula is C16H33NO. The van der Waals surface area contributed by atoms with Crippen LogP contribution in [0.15, 0.2) is 0 Å². The van der Waals surface area contributed by atoms with Crippen LogP contribution in [0.4, 0.5) is 0 Å². The lowest BCUT2D eigenvalue weighted by Gasteiger charge is -2.41. The normalized spacial score (nSPS) is 12.4. The molecule has 0 unspecified atom stereocenters. The van der Waals surface area contributed by atoms with Gasteiger partial charge in [0.25, 0.3) is 0 Å². The lowest BCUT2D eigenvalue weighted by atomic mass is 9.83. The molecule has 2 heteroatoms. The minimum Gasteiger partial charge on any atom is -0.298 e. The second kappa shape index (κ2) is 8.68. The SMILES string of the molecule is CCN(CC)C(CC)(CC)C(=O)CCCC(C)C. The van der Waals surface area contributed by atoms with Gasteiger partial charge in [0.2, 0.25) is 0 Å². The van der Waals surface area contributed by atoms with Crippen LogP contribution in [0.25, 0.3) is 0 Å². The molecule has 0 saturated heterocycles. The molecule has 108 valence electrons. The number of carbonyl (C=O) groups is 1. The molecule has 0 radical (unpaired) electrons. The highest BCUT2D eigenvalue weighted by Gasteiger charge is 2.38. The van der Waals surface area contributed by atoms with Crippen LogP contribution in [0.3, 0.4) is 0 Å². The fourth-order valence-corrected chi connectivity index (χ4v) is 3.00. The predicted molar refractivity (Wildman–Crippen MR) is 79.9 cm³/mol. The largest absolute Gasteiger partial charge is 0.298 e. The van der Waals surface area contributed by atoms with Gasteiger partial charge >= 0.3 is 0 Å². The van der Waals surface area contributed by atoms with E-state index in [-0.39, 0.29) is 5.54 Å². The summed E-state index contributed by atoms with van der Waals surface area (Å²) >= 11 is 0. The molecule has 0 rings (SSSR count). The molecule has 0 aromatic carbocycles. The Morgan fingerprint density at radius 3 is 1.89 bits per heavy atom. The first kappa shape index (κ1) is 17.6. The molecule has 0 amide bonds. The molecule has 18 heavy (non-hydrogen) atoms. The van der Waals surface area contributed by atoms with Crippen molar-refractivity contribution in [1.29, 1.82) is 0 Å². The summed E-state index contributed by atoms with van der Waals surface area (Å²) in [4.78, 5) is 15.0. The third-order valence-electron chi connectivity index (χ3n) is 4.24. The second-order valence-corrected chi connectivity index (χ2v) is 5.62. The van der Waals surface area contributed by atoms with E-state index in [2.05, 4.69) is 46.4 Å². The molecule has 0 saturated carbocycles. The highest BCUT2D eigenvalue weighted by molar-refractivity contribution is 5.88. The molecule has 0 atom stereocenters. The zero-order valence-electron chi connectivity index (χ0n) is 13.4. The van der Waals surface area contributed by atoms with Crippen LogP contribution < -0.4 is 0 Å². The van der Waals surface area contributed by atoms with Crippen molar-refractivity contribution >= 4 is 5.78 Å². The Labute approximate surface area is 114 Å². The maximum absolute atomic E-state index is 12.6. The number of likely N-dealkylation sites (N-methyl/N-ethyl adjacent to an activating group) is 1. The average molecular weight is 255 g/mol. The third kappa shape index (κ3) is 4.38. The quantitative estimate of drug-likeness (QED) is 0.580. The van der Waals surface area contributed by atoms with Gasteiger partial charge in [-0.05, 0) is 38.3 Å². The predicted octanol–water partition coefficient (Wildman–Crippen LogP) is 4.28. The number of nitrogens with zero attached hydrogens (tertiary/aromatic N) is 1. The van der Waals surface area contributed by atoms with Crippen molar-refractivity contribution in [2.75, 3.05) is 13.1 Å². The molecule has 0 aliphatic rings. The van der Waals surface area contributed by atoms with Crippen LogP contribution in [-0.4, -0.2) is 29.3 Å². The fraction of sp³-hybridized carbons (Fsp3) is 0.938. The molecule has 0 bridgehead atoms. The van der Waals surface area contributed by atoms with Crippen molar-refractivity contribution < 1.29 is 4.79 Å². The van der Waals surface area contributed by atoms with Crippen molar-refractivity contribution in [3.05, 3.63) is 0 Å². The maximum atomic E-state index is 12.6. The van der Waals surface area contributed by atoms with Crippen molar-refractivity contribution in [1.82, 2.24) is 4.90 Å². The average Bonchev–Trinajstić information content (AvgIpc) is 2.35. The molecule has 2 nitrogen and oxygen atoms in total. The lowest BCUT2D eigenvalue weighted by molar-refractivity contribution is -0.132. The maximum Gasteiger partial charge on any atom is 0.153 e. The minimum atomic E-state index is -0.208. The molecule has 0 aromatic rings. The van der Waals surface area contributed by atoms with E-state index in [0.29, 0.717) is 11.7 Å². The molecule has 0 aromatic heterocycles. The monoisotopic (exact) mass is 255 g/mol. The number of hydrogen-bond donors (Lipinski definition) is 0. The van der Waals surface area contributed by atoms with Crippen molar-refractivity contribution in [2.24, 2.45) is 5.92 Å². The Balaban J connectivity index is 4.70. The fourth-order valence-electron chi connectivity index (χ4n) is 3.00. The van der Waals surface area contributed by atoms with Crippen LogP contribution in [-0.2, 0) is 4.79 Å². The van der Waals surface area contributed by atoms with Gasteiger partial charge in [-0.25, -0.2) is 0 Å².